The van der Waals surface area contributed by atoms with Crippen molar-refractivity contribution in [2.45, 2.75) is 20.3 Å². The second-order valence-corrected chi connectivity index (χ2v) is 6.55. The van der Waals surface area contributed by atoms with Gasteiger partial charge in [0.25, 0.3) is 0 Å². The molecule has 0 saturated carbocycles. The normalized spacial score (nSPS) is 19.3. The van der Waals surface area contributed by atoms with E-state index in [1.54, 1.807) is 17.1 Å². The van der Waals surface area contributed by atoms with Gasteiger partial charge in [-0.3, -0.25) is 9.89 Å². The van der Waals surface area contributed by atoms with Gasteiger partial charge < -0.3 is 16.8 Å². The molecule has 0 atom stereocenters. The maximum atomic E-state index is 14.6. The number of aliphatic imine (C=N–C) groups is 1. The van der Waals surface area contributed by atoms with E-state index in [4.69, 9.17) is 11.5 Å². The van der Waals surface area contributed by atoms with Crippen LogP contribution in [0.4, 0.5) is 27.7 Å². The maximum absolute atomic E-state index is 14.6. The molecule has 2 aromatic rings. The van der Waals surface area contributed by atoms with Crippen molar-refractivity contribution in [3.8, 4) is 0 Å². The second kappa shape index (κ2) is 8.55. The number of hydrogen-bond acceptors (Lipinski definition) is 7. The number of aryl methyl sites for hydroxylation is 1. The van der Waals surface area contributed by atoms with Crippen molar-refractivity contribution in [1.82, 2.24) is 9.97 Å². The highest BCUT2D eigenvalue weighted by Crippen LogP contribution is 2.27. The lowest BCUT2D eigenvalue weighted by atomic mass is 10.2. The lowest BCUT2D eigenvalue weighted by Gasteiger charge is -2.25. The third kappa shape index (κ3) is 4.60. The van der Waals surface area contributed by atoms with Gasteiger partial charge in [0.15, 0.2) is 11.6 Å². The van der Waals surface area contributed by atoms with E-state index < -0.39 is 5.82 Å². The fourth-order valence-electron chi connectivity index (χ4n) is 2.81. The first-order valence-electron chi connectivity index (χ1n) is 9.21. The molecule has 150 valence electrons. The number of benzene rings is 1. The average Bonchev–Trinajstić information content (AvgIpc) is 2.75. The Labute approximate surface area is 169 Å². The Morgan fingerprint density at radius 1 is 1.21 bits per heavy atom. The monoisotopic (exact) mass is 393 g/mol. The molecule has 1 aliphatic rings. The third-order valence-corrected chi connectivity index (χ3v) is 4.26. The van der Waals surface area contributed by atoms with Crippen molar-refractivity contribution in [2.75, 3.05) is 22.5 Å². The van der Waals surface area contributed by atoms with Gasteiger partial charge in [-0.25, -0.2) is 0 Å². The SMILES string of the molecule is C=C1/C=C(N)\C=C/C/N=C(/CC)N1c1nc(N)c(F)c(Nc2ccc(C)cc2)n1. The zero-order chi connectivity index (χ0) is 21.0. The number of anilines is 4. The summed E-state index contributed by atoms with van der Waals surface area (Å²) in [5, 5.41) is 2.96. The summed E-state index contributed by atoms with van der Waals surface area (Å²) in [7, 11) is 0. The minimum Gasteiger partial charge on any atom is -0.399 e. The third-order valence-electron chi connectivity index (χ3n) is 4.26. The van der Waals surface area contributed by atoms with Gasteiger partial charge in [0.2, 0.25) is 11.8 Å². The summed E-state index contributed by atoms with van der Waals surface area (Å²) in [6.07, 6.45) is 5.88. The van der Waals surface area contributed by atoms with Crippen LogP contribution in [0.2, 0.25) is 0 Å². The Hall–Kier alpha value is -3.68. The van der Waals surface area contributed by atoms with E-state index in [0.29, 0.717) is 35.9 Å². The number of nitrogens with one attached hydrogen (secondary N) is 1. The highest BCUT2D eigenvalue weighted by molar-refractivity contribution is 5.99. The second-order valence-electron chi connectivity index (χ2n) is 6.55. The zero-order valence-electron chi connectivity index (χ0n) is 16.5. The van der Waals surface area contributed by atoms with Crippen LogP contribution in [0.15, 0.2) is 65.5 Å². The first-order chi connectivity index (χ1) is 13.9. The van der Waals surface area contributed by atoms with Crippen molar-refractivity contribution in [3.05, 3.63) is 71.8 Å². The summed E-state index contributed by atoms with van der Waals surface area (Å²) in [5.74, 6) is -0.207. The molecule has 1 aromatic carbocycles. The van der Waals surface area contributed by atoms with Gasteiger partial charge in [-0.2, -0.15) is 14.4 Å². The highest BCUT2D eigenvalue weighted by atomic mass is 19.1. The van der Waals surface area contributed by atoms with Gasteiger partial charge in [0, 0.05) is 23.5 Å². The van der Waals surface area contributed by atoms with Gasteiger partial charge in [0.05, 0.1) is 6.54 Å². The molecule has 8 heteroatoms. The first kappa shape index (κ1) is 20.1. The molecule has 0 radical (unpaired) electrons. The molecule has 1 aliphatic heterocycles. The number of nitrogens with two attached hydrogens (primary N) is 2. The highest BCUT2D eigenvalue weighted by Gasteiger charge is 2.22. The number of amidine groups is 1. The number of nitrogen functional groups attached to an aromatic ring is 1. The Kier molecular flexibility index (Phi) is 5.92. The predicted octanol–water partition coefficient (Wildman–Crippen LogP) is 3.79. The number of nitrogens with zero attached hydrogens (tertiary/aromatic N) is 4. The van der Waals surface area contributed by atoms with Gasteiger partial charge in [0.1, 0.15) is 5.84 Å². The van der Waals surface area contributed by atoms with Gasteiger partial charge >= 0.3 is 0 Å². The molecule has 3 rings (SSSR count). The molecule has 0 unspecified atom stereocenters. The maximum Gasteiger partial charge on any atom is 0.239 e. The lowest BCUT2D eigenvalue weighted by Crippen LogP contribution is -2.31. The Morgan fingerprint density at radius 3 is 2.62 bits per heavy atom. The number of aromatic nitrogens is 2. The molecule has 0 spiro atoms. The molecule has 2 heterocycles. The lowest BCUT2D eigenvalue weighted by molar-refractivity contribution is 0.625. The van der Waals surface area contributed by atoms with Crippen LogP contribution in [0.1, 0.15) is 18.9 Å². The van der Waals surface area contributed by atoms with E-state index >= 15 is 0 Å². The van der Waals surface area contributed by atoms with Crippen molar-refractivity contribution in [2.24, 2.45) is 10.7 Å². The molecular formula is C21H24FN7. The molecule has 7 nitrogen and oxygen atoms in total. The average molecular weight is 393 g/mol. The molecule has 0 amide bonds. The molecular weight excluding hydrogens is 369 g/mol. The van der Waals surface area contributed by atoms with Crippen LogP contribution in [-0.2, 0) is 0 Å². The van der Waals surface area contributed by atoms with Crippen LogP contribution >= 0.6 is 0 Å². The van der Waals surface area contributed by atoms with E-state index in [0.717, 1.165) is 5.56 Å². The largest absolute Gasteiger partial charge is 0.399 e. The summed E-state index contributed by atoms with van der Waals surface area (Å²) in [6, 6.07) is 7.50. The molecule has 0 bridgehead atoms. The summed E-state index contributed by atoms with van der Waals surface area (Å²) < 4.78 is 14.6. The van der Waals surface area contributed by atoms with Crippen molar-refractivity contribution in [1.29, 1.82) is 0 Å². The Bertz CT molecular complexity index is 1010. The smallest absolute Gasteiger partial charge is 0.239 e. The molecule has 0 aliphatic carbocycles. The first-order valence-corrected chi connectivity index (χ1v) is 9.21. The van der Waals surface area contributed by atoms with E-state index in [-0.39, 0.29) is 17.6 Å². The summed E-state index contributed by atoms with van der Waals surface area (Å²) in [6.45, 7) is 8.42. The minimum atomic E-state index is -0.726. The number of halogens is 1. The molecule has 5 N–H and O–H groups in total. The summed E-state index contributed by atoms with van der Waals surface area (Å²) in [4.78, 5) is 14.7. The standard InChI is InChI=1S/C21H24FN7/c1-4-17-25-11-5-6-15(23)12-14(3)29(17)21-27-19(24)18(22)20(28-21)26-16-9-7-13(2)8-10-16/h5-10,12H,3-4,11,23H2,1-2H3,(H3,24,26,27,28)/b6-5-,15-12+,25-17-. The van der Waals surface area contributed by atoms with Crippen molar-refractivity contribution in [3.63, 3.8) is 0 Å². The predicted molar refractivity (Wildman–Crippen MR) is 116 cm³/mol. The Balaban J connectivity index is 2.07. The van der Waals surface area contributed by atoms with E-state index in [2.05, 4.69) is 26.9 Å². The molecule has 0 fully saturated rings. The van der Waals surface area contributed by atoms with Crippen LogP contribution in [-0.4, -0.2) is 22.3 Å². The number of allylic oxidation sites excluding steroid dienone is 2. The van der Waals surface area contributed by atoms with Crippen LogP contribution < -0.4 is 21.7 Å². The van der Waals surface area contributed by atoms with Crippen molar-refractivity contribution >= 4 is 29.1 Å². The fraction of sp³-hybridized carbons (Fsp3) is 0.190. The van der Waals surface area contributed by atoms with E-state index in [1.807, 2.05) is 44.2 Å². The van der Waals surface area contributed by atoms with E-state index in [1.165, 1.54) is 0 Å². The number of rotatable bonds is 4. The molecule has 29 heavy (non-hydrogen) atoms. The number of hydrogen-bond donors (Lipinski definition) is 3. The summed E-state index contributed by atoms with van der Waals surface area (Å²) >= 11 is 0. The van der Waals surface area contributed by atoms with Crippen LogP contribution in [0.3, 0.4) is 0 Å². The van der Waals surface area contributed by atoms with Gasteiger partial charge in [-0.15, -0.1) is 0 Å². The Morgan fingerprint density at radius 2 is 1.93 bits per heavy atom. The van der Waals surface area contributed by atoms with Crippen LogP contribution in [0, 0.1) is 12.7 Å². The topological polar surface area (TPSA) is 105 Å². The molecule has 1 aromatic heterocycles. The zero-order valence-corrected chi connectivity index (χ0v) is 16.5. The van der Waals surface area contributed by atoms with Crippen LogP contribution in [0.25, 0.3) is 0 Å². The minimum absolute atomic E-state index is 0.0328. The van der Waals surface area contributed by atoms with E-state index in [9.17, 15) is 4.39 Å². The van der Waals surface area contributed by atoms with Gasteiger partial charge in [-0.1, -0.05) is 37.3 Å². The van der Waals surface area contributed by atoms with Crippen LogP contribution in [0.5, 0.6) is 0 Å². The quantitative estimate of drug-likeness (QED) is 0.730. The molecule has 0 saturated heterocycles. The van der Waals surface area contributed by atoms with Gasteiger partial charge in [-0.05, 0) is 31.2 Å². The van der Waals surface area contributed by atoms with Crippen molar-refractivity contribution < 1.29 is 4.39 Å². The fourth-order valence-corrected chi connectivity index (χ4v) is 2.81. The summed E-state index contributed by atoms with van der Waals surface area (Å²) in [5.41, 5.74) is 14.6.